The van der Waals surface area contributed by atoms with Crippen LogP contribution in [0.25, 0.3) is 0 Å². The molecular formula is C10H18N2O3. The molecule has 0 aromatic rings. The molecule has 0 radical (unpaired) electrons. The number of hydrogen-bond donors (Lipinski definition) is 2. The van der Waals surface area contributed by atoms with Crippen molar-refractivity contribution in [1.82, 2.24) is 4.90 Å². The zero-order valence-corrected chi connectivity index (χ0v) is 9.19. The molecule has 15 heavy (non-hydrogen) atoms. The predicted molar refractivity (Wildman–Crippen MR) is 55.2 cm³/mol. The molecule has 1 rings (SSSR count). The van der Waals surface area contributed by atoms with E-state index in [-0.39, 0.29) is 12.5 Å². The summed E-state index contributed by atoms with van der Waals surface area (Å²) in [5.41, 5.74) is 4.83. The van der Waals surface area contributed by atoms with E-state index in [9.17, 15) is 9.59 Å². The molecule has 1 amide bonds. The van der Waals surface area contributed by atoms with Gasteiger partial charge in [0.2, 0.25) is 5.91 Å². The number of carboxylic acids is 1. The third-order valence-corrected chi connectivity index (χ3v) is 2.89. The van der Waals surface area contributed by atoms with Crippen LogP contribution in [0.5, 0.6) is 0 Å². The van der Waals surface area contributed by atoms with E-state index in [1.165, 1.54) is 4.90 Å². The molecule has 86 valence electrons. The van der Waals surface area contributed by atoms with Crippen LogP contribution in [0, 0.1) is 5.41 Å². The molecule has 1 fully saturated rings. The number of aliphatic carboxylic acids is 1. The van der Waals surface area contributed by atoms with Gasteiger partial charge in [-0.25, -0.2) is 4.79 Å². The van der Waals surface area contributed by atoms with E-state index in [0.29, 0.717) is 13.0 Å². The van der Waals surface area contributed by atoms with Gasteiger partial charge in [-0.3, -0.25) is 4.79 Å². The molecule has 1 aliphatic heterocycles. The maximum absolute atomic E-state index is 12.0. The first-order valence-electron chi connectivity index (χ1n) is 5.14. The number of carboxylic acid groups (broad SMARTS) is 1. The standard InChI is InChI=1S/C10H18N2O3/c1-10(2,6-11)9(15)12-5-3-4-7(12)8(13)14/h7H,3-6,11H2,1-2H3,(H,13,14)/t7-/m0/s1. The van der Waals surface area contributed by atoms with Gasteiger partial charge in [-0.15, -0.1) is 0 Å². The third-order valence-electron chi connectivity index (χ3n) is 2.89. The van der Waals surface area contributed by atoms with Gasteiger partial charge >= 0.3 is 5.97 Å². The van der Waals surface area contributed by atoms with Crippen LogP contribution in [-0.2, 0) is 9.59 Å². The molecule has 0 unspecified atom stereocenters. The molecule has 1 heterocycles. The number of carbonyl (C=O) groups is 2. The van der Waals surface area contributed by atoms with Crippen LogP contribution in [0.3, 0.4) is 0 Å². The molecular weight excluding hydrogens is 196 g/mol. The topological polar surface area (TPSA) is 83.6 Å². The minimum Gasteiger partial charge on any atom is -0.480 e. The second-order valence-corrected chi connectivity index (χ2v) is 4.58. The van der Waals surface area contributed by atoms with Gasteiger partial charge in [0.1, 0.15) is 6.04 Å². The summed E-state index contributed by atoms with van der Waals surface area (Å²) in [6.45, 7) is 4.24. The van der Waals surface area contributed by atoms with Gasteiger partial charge in [-0.05, 0) is 26.7 Å². The fraction of sp³-hybridized carbons (Fsp3) is 0.800. The number of rotatable bonds is 3. The number of amides is 1. The number of hydrogen-bond acceptors (Lipinski definition) is 3. The Morgan fingerprint density at radius 3 is 2.60 bits per heavy atom. The molecule has 1 saturated heterocycles. The lowest BCUT2D eigenvalue weighted by atomic mass is 9.91. The lowest BCUT2D eigenvalue weighted by Gasteiger charge is -2.30. The van der Waals surface area contributed by atoms with Gasteiger partial charge in [-0.2, -0.15) is 0 Å². The summed E-state index contributed by atoms with van der Waals surface area (Å²) in [5, 5.41) is 8.95. The van der Waals surface area contributed by atoms with Crippen molar-refractivity contribution < 1.29 is 14.7 Å². The maximum Gasteiger partial charge on any atom is 0.326 e. The maximum atomic E-state index is 12.0. The molecule has 0 aromatic carbocycles. The summed E-state index contributed by atoms with van der Waals surface area (Å²) < 4.78 is 0. The molecule has 0 bridgehead atoms. The Hall–Kier alpha value is -1.10. The highest BCUT2D eigenvalue weighted by Gasteiger charge is 2.39. The summed E-state index contributed by atoms with van der Waals surface area (Å²) in [7, 11) is 0. The van der Waals surface area contributed by atoms with E-state index in [1.807, 2.05) is 0 Å². The highest BCUT2D eigenvalue weighted by Crippen LogP contribution is 2.25. The zero-order valence-electron chi connectivity index (χ0n) is 9.19. The normalized spacial score (nSPS) is 21.8. The van der Waals surface area contributed by atoms with Gasteiger partial charge in [-0.1, -0.05) is 0 Å². The van der Waals surface area contributed by atoms with Gasteiger partial charge in [0.05, 0.1) is 5.41 Å². The molecule has 0 spiro atoms. The average Bonchev–Trinajstić information content (AvgIpc) is 2.64. The van der Waals surface area contributed by atoms with Crippen molar-refractivity contribution >= 4 is 11.9 Å². The van der Waals surface area contributed by atoms with Crippen LogP contribution >= 0.6 is 0 Å². The minimum atomic E-state index is -0.923. The van der Waals surface area contributed by atoms with E-state index < -0.39 is 17.4 Å². The molecule has 0 saturated carbocycles. The Kier molecular flexibility index (Phi) is 3.34. The summed E-state index contributed by atoms with van der Waals surface area (Å²) in [6, 6.07) is -0.664. The zero-order chi connectivity index (χ0) is 11.6. The number of nitrogens with two attached hydrogens (primary N) is 1. The van der Waals surface area contributed by atoms with Crippen LogP contribution in [0.4, 0.5) is 0 Å². The van der Waals surface area contributed by atoms with E-state index >= 15 is 0 Å². The predicted octanol–water partition coefficient (Wildman–Crippen LogP) is 0.0469. The largest absolute Gasteiger partial charge is 0.480 e. The highest BCUT2D eigenvalue weighted by atomic mass is 16.4. The average molecular weight is 214 g/mol. The molecule has 0 aromatic heterocycles. The second-order valence-electron chi connectivity index (χ2n) is 4.58. The van der Waals surface area contributed by atoms with Crippen molar-refractivity contribution in [2.24, 2.45) is 11.1 Å². The van der Waals surface area contributed by atoms with E-state index in [2.05, 4.69) is 0 Å². The highest BCUT2D eigenvalue weighted by molar-refractivity contribution is 5.87. The van der Waals surface area contributed by atoms with Crippen molar-refractivity contribution in [3.63, 3.8) is 0 Å². The van der Waals surface area contributed by atoms with Crippen LogP contribution in [0.1, 0.15) is 26.7 Å². The smallest absolute Gasteiger partial charge is 0.326 e. The molecule has 3 N–H and O–H groups in total. The molecule has 1 atom stereocenters. The van der Waals surface area contributed by atoms with Crippen LogP contribution < -0.4 is 5.73 Å². The van der Waals surface area contributed by atoms with Crippen molar-refractivity contribution in [3.8, 4) is 0 Å². The van der Waals surface area contributed by atoms with Crippen molar-refractivity contribution in [2.75, 3.05) is 13.1 Å². The monoisotopic (exact) mass is 214 g/mol. The Balaban J connectivity index is 2.79. The lowest BCUT2D eigenvalue weighted by Crippen LogP contribution is -2.49. The summed E-state index contributed by atoms with van der Waals surface area (Å²) in [6.07, 6.45) is 1.30. The first-order chi connectivity index (χ1) is 6.90. The SMILES string of the molecule is CC(C)(CN)C(=O)N1CCC[C@H]1C(=O)O. The number of nitrogens with zero attached hydrogens (tertiary/aromatic N) is 1. The number of likely N-dealkylation sites (tertiary alicyclic amines) is 1. The molecule has 0 aliphatic carbocycles. The number of carbonyl (C=O) groups excluding carboxylic acids is 1. The van der Waals surface area contributed by atoms with Gasteiger partial charge in [0.15, 0.2) is 0 Å². The summed E-state index contributed by atoms with van der Waals surface area (Å²) in [5.74, 6) is -1.08. The quantitative estimate of drug-likeness (QED) is 0.695. The fourth-order valence-corrected chi connectivity index (χ4v) is 1.74. The first kappa shape index (κ1) is 12.0. The Morgan fingerprint density at radius 1 is 1.53 bits per heavy atom. The van der Waals surface area contributed by atoms with E-state index in [4.69, 9.17) is 10.8 Å². The second kappa shape index (κ2) is 4.18. The Labute approximate surface area is 89.2 Å². The minimum absolute atomic E-state index is 0.157. The van der Waals surface area contributed by atoms with Gasteiger partial charge in [0.25, 0.3) is 0 Å². The van der Waals surface area contributed by atoms with Crippen molar-refractivity contribution in [1.29, 1.82) is 0 Å². The van der Waals surface area contributed by atoms with Crippen molar-refractivity contribution in [3.05, 3.63) is 0 Å². The Morgan fingerprint density at radius 2 is 2.13 bits per heavy atom. The fourth-order valence-electron chi connectivity index (χ4n) is 1.74. The van der Waals surface area contributed by atoms with Crippen molar-refractivity contribution in [2.45, 2.75) is 32.7 Å². The third kappa shape index (κ3) is 2.28. The van der Waals surface area contributed by atoms with E-state index in [0.717, 1.165) is 6.42 Å². The van der Waals surface area contributed by atoms with Crippen LogP contribution in [-0.4, -0.2) is 41.0 Å². The first-order valence-corrected chi connectivity index (χ1v) is 5.14. The van der Waals surface area contributed by atoms with E-state index in [1.54, 1.807) is 13.8 Å². The van der Waals surface area contributed by atoms with Crippen LogP contribution in [0.2, 0.25) is 0 Å². The molecule has 5 nitrogen and oxygen atoms in total. The Bertz CT molecular complexity index is 276. The summed E-state index contributed by atoms with van der Waals surface area (Å²) in [4.78, 5) is 24.3. The molecule has 1 aliphatic rings. The molecule has 5 heteroatoms. The van der Waals surface area contributed by atoms with Gasteiger partial charge in [0, 0.05) is 13.1 Å². The lowest BCUT2D eigenvalue weighted by molar-refractivity contribution is -0.151. The van der Waals surface area contributed by atoms with Gasteiger partial charge < -0.3 is 15.7 Å². The van der Waals surface area contributed by atoms with Crippen LogP contribution in [0.15, 0.2) is 0 Å². The summed E-state index contributed by atoms with van der Waals surface area (Å²) >= 11 is 0.